The van der Waals surface area contributed by atoms with Gasteiger partial charge in [-0.25, -0.2) is 4.39 Å². The van der Waals surface area contributed by atoms with Gasteiger partial charge in [-0.3, -0.25) is 0 Å². The Morgan fingerprint density at radius 1 is 1.21 bits per heavy atom. The van der Waals surface area contributed by atoms with Crippen molar-refractivity contribution in [2.24, 2.45) is 0 Å². The normalized spacial score (nSPS) is 12.6. The summed E-state index contributed by atoms with van der Waals surface area (Å²) >= 11 is 1.73. The second-order valence-corrected chi connectivity index (χ2v) is 5.80. The van der Waals surface area contributed by atoms with Crippen LogP contribution in [0.3, 0.4) is 0 Å². The van der Waals surface area contributed by atoms with Gasteiger partial charge in [0.2, 0.25) is 0 Å². The van der Waals surface area contributed by atoms with E-state index in [1.54, 1.807) is 17.4 Å². The van der Waals surface area contributed by atoms with Crippen molar-refractivity contribution in [3.05, 3.63) is 57.0 Å². The molecule has 1 N–H and O–H groups in total. The highest BCUT2D eigenvalue weighted by molar-refractivity contribution is 7.10. The van der Waals surface area contributed by atoms with Crippen molar-refractivity contribution >= 4 is 11.3 Å². The van der Waals surface area contributed by atoms with E-state index in [-0.39, 0.29) is 11.9 Å². The van der Waals surface area contributed by atoms with Gasteiger partial charge in [0.05, 0.1) is 6.04 Å². The zero-order valence-corrected chi connectivity index (χ0v) is 12.5. The van der Waals surface area contributed by atoms with Crippen LogP contribution < -0.4 is 5.32 Å². The summed E-state index contributed by atoms with van der Waals surface area (Å²) in [5.41, 5.74) is 3.43. The Morgan fingerprint density at radius 3 is 2.63 bits per heavy atom. The number of benzene rings is 1. The predicted octanol–water partition coefficient (Wildman–Crippen LogP) is 4.59. The van der Waals surface area contributed by atoms with Crippen molar-refractivity contribution in [2.75, 3.05) is 6.54 Å². The van der Waals surface area contributed by atoms with Gasteiger partial charge in [0.1, 0.15) is 5.82 Å². The Hall–Kier alpha value is -1.19. The van der Waals surface area contributed by atoms with E-state index in [9.17, 15) is 4.39 Å². The molecule has 1 heterocycles. The third kappa shape index (κ3) is 3.23. The maximum Gasteiger partial charge on any atom is 0.123 e. The summed E-state index contributed by atoms with van der Waals surface area (Å²) in [6.07, 6.45) is 1.06. The third-order valence-corrected chi connectivity index (χ3v) is 4.40. The molecule has 102 valence electrons. The molecule has 0 bridgehead atoms. The minimum Gasteiger partial charge on any atom is -0.306 e. The van der Waals surface area contributed by atoms with Gasteiger partial charge in [0, 0.05) is 4.88 Å². The first-order valence-electron chi connectivity index (χ1n) is 6.67. The van der Waals surface area contributed by atoms with E-state index in [1.165, 1.54) is 16.5 Å². The van der Waals surface area contributed by atoms with Crippen LogP contribution in [0.5, 0.6) is 0 Å². The van der Waals surface area contributed by atoms with Crippen LogP contribution in [0, 0.1) is 19.7 Å². The van der Waals surface area contributed by atoms with Gasteiger partial charge in [0.25, 0.3) is 0 Å². The van der Waals surface area contributed by atoms with E-state index in [0.29, 0.717) is 0 Å². The molecule has 0 aliphatic heterocycles. The minimum atomic E-state index is -0.168. The van der Waals surface area contributed by atoms with E-state index >= 15 is 0 Å². The molecular weight excluding hydrogens is 257 g/mol. The van der Waals surface area contributed by atoms with Gasteiger partial charge in [0.15, 0.2) is 0 Å². The fraction of sp³-hybridized carbons (Fsp3) is 0.375. The fourth-order valence-electron chi connectivity index (χ4n) is 2.24. The zero-order valence-electron chi connectivity index (χ0n) is 11.7. The SMILES string of the molecule is CCCNC(c1cc(F)ccc1C)c1sccc1C. The number of nitrogens with one attached hydrogen (secondary N) is 1. The van der Waals surface area contributed by atoms with Crippen molar-refractivity contribution in [3.63, 3.8) is 0 Å². The van der Waals surface area contributed by atoms with Crippen molar-refractivity contribution < 1.29 is 4.39 Å². The van der Waals surface area contributed by atoms with Crippen molar-refractivity contribution in [3.8, 4) is 0 Å². The average Bonchev–Trinajstić information content (AvgIpc) is 2.80. The fourth-order valence-corrected chi connectivity index (χ4v) is 3.25. The van der Waals surface area contributed by atoms with E-state index in [2.05, 4.69) is 30.6 Å². The first-order valence-corrected chi connectivity index (χ1v) is 7.55. The van der Waals surface area contributed by atoms with Gasteiger partial charge in [-0.1, -0.05) is 13.0 Å². The molecule has 0 amide bonds. The molecule has 2 rings (SSSR count). The smallest absolute Gasteiger partial charge is 0.123 e. The molecule has 0 fully saturated rings. The van der Waals surface area contributed by atoms with E-state index < -0.39 is 0 Å². The molecule has 0 saturated carbocycles. The van der Waals surface area contributed by atoms with Gasteiger partial charge < -0.3 is 5.32 Å². The van der Waals surface area contributed by atoms with Gasteiger partial charge in [-0.15, -0.1) is 11.3 Å². The molecular formula is C16H20FNS. The summed E-state index contributed by atoms with van der Waals surface area (Å²) in [4.78, 5) is 1.28. The molecule has 0 radical (unpaired) electrons. The van der Waals surface area contributed by atoms with Crippen LogP contribution in [0.4, 0.5) is 4.39 Å². The molecule has 0 spiro atoms. The second kappa shape index (κ2) is 6.31. The molecule has 1 aromatic carbocycles. The summed E-state index contributed by atoms with van der Waals surface area (Å²) in [5.74, 6) is -0.168. The summed E-state index contributed by atoms with van der Waals surface area (Å²) in [5, 5.41) is 5.64. The first-order chi connectivity index (χ1) is 9.13. The topological polar surface area (TPSA) is 12.0 Å². The highest BCUT2D eigenvalue weighted by Gasteiger charge is 2.19. The molecule has 0 aliphatic rings. The lowest BCUT2D eigenvalue weighted by Gasteiger charge is -2.21. The Bertz CT molecular complexity index is 547. The molecule has 0 aliphatic carbocycles. The monoisotopic (exact) mass is 277 g/mol. The van der Waals surface area contributed by atoms with Crippen LogP contribution in [0.15, 0.2) is 29.6 Å². The standard InChI is InChI=1S/C16H20FNS/c1-4-8-18-15(16-12(3)7-9-19-16)14-10-13(17)6-5-11(14)2/h5-7,9-10,15,18H,4,8H2,1-3H3. The molecule has 1 nitrogen and oxygen atoms in total. The molecule has 0 saturated heterocycles. The predicted molar refractivity (Wildman–Crippen MR) is 80.3 cm³/mol. The zero-order chi connectivity index (χ0) is 13.8. The summed E-state index contributed by atoms with van der Waals surface area (Å²) < 4.78 is 13.5. The lowest BCUT2D eigenvalue weighted by atomic mass is 9.98. The maximum absolute atomic E-state index is 13.5. The van der Waals surface area contributed by atoms with Gasteiger partial charge in [-0.05, 0) is 67.1 Å². The molecule has 19 heavy (non-hydrogen) atoms. The number of hydrogen-bond donors (Lipinski definition) is 1. The van der Waals surface area contributed by atoms with E-state index in [1.807, 2.05) is 13.0 Å². The van der Waals surface area contributed by atoms with E-state index in [0.717, 1.165) is 24.1 Å². The highest BCUT2D eigenvalue weighted by atomic mass is 32.1. The largest absolute Gasteiger partial charge is 0.306 e. The summed E-state index contributed by atoms with van der Waals surface area (Å²) in [6, 6.07) is 7.25. The van der Waals surface area contributed by atoms with Gasteiger partial charge in [-0.2, -0.15) is 0 Å². The second-order valence-electron chi connectivity index (χ2n) is 4.86. The Balaban J connectivity index is 2.42. The number of thiophene rings is 1. The minimum absolute atomic E-state index is 0.0932. The van der Waals surface area contributed by atoms with Gasteiger partial charge >= 0.3 is 0 Å². The molecule has 1 aromatic heterocycles. The third-order valence-electron chi connectivity index (χ3n) is 3.31. The highest BCUT2D eigenvalue weighted by Crippen LogP contribution is 2.31. The number of rotatable bonds is 5. The Labute approximate surface area is 118 Å². The summed E-state index contributed by atoms with van der Waals surface area (Å²) in [7, 11) is 0. The lowest BCUT2D eigenvalue weighted by Crippen LogP contribution is -2.23. The van der Waals surface area contributed by atoms with Crippen LogP contribution >= 0.6 is 11.3 Å². The molecule has 3 heteroatoms. The first kappa shape index (κ1) is 14.2. The quantitative estimate of drug-likeness (QED) is 0.842. The molecule has 1 unspecified atom stereocenters. The van der Waals surface area contributed by atoms with Crippen molar-refractivity contribution in [1.29, 1.82) is 0 Å². The molecule has 1 atom stereocenters. The van der Waals surface area contributed by atoms with Crippen LogP contribution in [0.25, 0.3) is 0 Å². The van der Waals surface area contributed by atoms with Crippen LogP contribution in [0.1, 0.15) is 41.0 Å². The average molecular weight is 277 g/mol. The number of hydrogen-bond acceptors (Lipinski definition) is 2. The lowest BCUT2D eigenvalue weighted by molar-refractivity contribution is 0.587. The Kier molecular flexibility index (Phi) is 4.72. The van der Waals surface area contributed by atoms with Crippen LogP contribution in [-0.2, 0) is 0 Å². The van der Waals surface area contributed by atoms with E-state index in [4.69, 9.17) is 0 Å². The van der Waals surface area contributed by atoms with Crippen LogP contribution in [-0.4, -0.2) is 6.54 Å². The maximum atomic E-state index is 13.5. The molecule has 2 aromatic rings. The number of halogens is 1. The number of aryl methyl sites for hydroxylation is 2. The Morgan fingerprint density at radius 2 is 2.00 bits per heavy atom. The van der Waals surface area contributed by atoms with Crippen molar-refractivity contribution in [1.82, 2.24) is 5.32 Å². The summed E-state index contributed by atoms with van der Waals surface area (Å²) in [6.45, 7) is 7.22. The van der Waals surface area contributed by atoms with Crippen molar-refractivity contribution in [2.45, 2.75) is 33.2 Å². The van der Waals surface area contributed by atoms with Crippen LogP contribution in [0.2, 0.25) is 0 Å².